The fourth-order valence-electron chi connectivity index (χ4n) is 3.78. The van der Waals surface area contributed by atoms with Crippen LogP contribution in [0, 0.1) is 5.95 Å². The second-order valence-electron chi connectivity index (χ2n) is 6.69. The molecule has 1 N–H and O–H groups in total. The van der Waals surface area contributed by atoms with Gasteiger partial charge >= 0.3 is 0 Å². The van der Waals surface area contributed by atoms with Gasteiger partial charge in [-0.2, -0.15) is 4.39 Å². The van der Waals surface area contributed by atoms with Gasteiger partial charge in [-0.3, -0.25) is 4.90 Å². The molecule has 1 atom stereocenters. The summed E-state index contributed by atoms with van der Waals surface area (Å²) in [4.78, 5) is 9.61. The van der Waals surface area contributed by atoms with Gasteiger partial charge in [0.2, 0.25) is 5.95 Å². The lowest BCUT2D eigenvalue weighted by Gasteiger charge is -2.24. The number of rotatable bonds is 5. The maximum atomic E-state index is 13.0. The van der Waals surface area contributed by atoms with E-state index in [4.69, 9.17) is 4.74 Å². The minimum absolute atomic E-state index is 0.422. The summed E-state index contributed by atoms with van der Waals surface area (Å²) in [5.41, 5.74) is 3.53. The van der Waals surface area contributed by atoms with Crippen molar-refractivity contribution in [2.75, 3.05) is 13.7 Å². The van der Waals surface area contributed by atoms with E-state index in [2.05, 4.69) is 33.2 Å². The zero-order valence-corrected chi connectivity index (χ0v) is 14.3. The standard InChI is InChI=1S/C20H22FN3O/c1-25-17-5-6-19-18(10-17)15(12-22-19)9-16-3-2-8-24(16)13-14-4-7-20(21)23-11-14/h4-7,10-12,16,22H,2-3,8-9,13H2,1H3/t16-/m1/s1. The van der Waals surface area contributed by atoms with Crippen LogP contribution >= 0.6 is 0 Å². The van der Waals surface area contributed by atoms with Gasteiger partial charge in [0, 0.05) is 35.9 Å². The largest absolute Gasteiger partial charge is 0.497 e. The maximum absolute atomic E-state index is 13.0. The molecule has 3 aromatic rings. The zero-order valence-electron chi connectivity index (χ0n) is 14.3. The normalized spacial score (nSPS) is 18.1. The molecule has 0 saturated carbocycles. The number of halogens is 1. The summed E-state index contributed by atoms with van der Waals surface area (Å²) in [5, 5.41) is 1.23. The summed E-state index contributed by atoms with van der Waals surface area (Å²) < 4.78 is 18.4. The molecule has 1 aromatic carbocycles. The highest BCUT2D eigenvalue weighted by Gasteiger charge is 2.25. The summed E-state index contributed by atoms with van der Waals surface area (Å²) in [6.45, 7) is 1.90. The molecule has 4 nitrogen and oxygen atoms in total. The van der Waals surface area contributed by atoms with Crippen LogP contribution in [0.1, 0.15) is 24.0 Å². The third-order valence-corrected chi connectivity index (χ3v) is 5.10. The first-order valence-corrected chi connectivity index (χ1v) is 8.71. The highest BCUT2D eigenvalue weighted by Crippen LogP contribution is 2.28. The number of aromatic nitrogens is 2. The van der Waals surface area contributed by atoms with Crippen molar-refractivity contribution in [3.63, 3.8) is 0 Å². The Morgan fingerprint density at radius 2 is 2.24 bits per heavy atom. The molecule has 0 amide bonds. The van der Waals surface area contributed by atoms with Gasteiger partial charge in [-0.05, 0) is 61.2 Å². The Hall–Kier alpha value is -2.40. The van der Waals surface area contributed by atoms with Gasteiger partial charge in [0.15, 0.2) is 0 Å². The van der Waals surface area contributed by atoms with E-state index < -0.39 is 5.95 Å². The van der Waals surface area contributed by atoms with Crippen LogP contribution in [0.5, 0.6) is 5.75 Å². The molecule has 0 radical (unpaired) electrons. The quantitative estimate of drug-likeness (QED) is 0.717. The number of pyridine rings is 1. The van der Waals surface area contributed by atoms with Crippen molar-refractivity contribution < 1.29 is 9.13 Å². The number of benzene rings is 1. The molecule has 4 rings (SSSR count). The van der Waals surface area contributed by atoms with Crippen molar-refractivity contribution in [3.8, 4) is 5.75 Å². The summed E-state index contributed by atoms with van der Waals surface area (Å²) in [7, 11) is 1.70. The lowest BCUT2D eigenvalue weighted by atomic mass is 10.0. The van der Waals surface area contributed by atoms with E-state index in [9.17, 15) is 4.39 Å². The van der Waals surface area contributed by atoms with E-state index in [1.807, 2.05) is 12.1 Å². The minimum Gasteiger partial charge on any atom is -0.497 e. The Morgan fingerprint density at radius 3 is 3.04 bits per heavy atom. The summed E-state index contributed by atoms with van der Waals surface area (Å²) in [5.74, 6) is 0.462. The Kier molecular flexibility index (Phi) is 4.40. The lowest BCUT2D eigenvalue weighted by molar-refractivity contribution is 0.244. The lowest BCUT2D eigenvalue weighted by Crippen LogP contribution is -2.30. The van der Waals surface area contributed by atoms with E-state index in [0.29, 0.717) is 6.04 Å². The number of aromatic amines is 1. The van der Waals surface area contributed by atoms with E-state index in [1.165, 1.54) is 29.9 Å². The van der Waals surface area contributed by atoms with Gasteiger partial charge in [-0.25, -0.2) is 4.98 Å². The fourth-order valence-corrected chi connectivity index (χ4v) is 3.78. The van der Waals surface area contributed by atoms with Crippen molar-refractivity contribution in [2.24, 2.45) is 0 Å². The van der Waals surface area contributed by atoms with E-state index >= 15 is 0 Å². The maximum Gasteiger partial charge on any atom is 0.212 e. The Bertz CT molecular complexity index is 859. The molecule has 3 heterocycles. The number of hydrogen-bond donors (Lipinski definition) is 1. The molecular formula is C20H22FN3O. The predicted molar refractivity (Wildman–Crippen MR) is 96.2 cm³/mol. The zero-order chi connectivity index (χ0) is 17.2. The van der Waals surface area contributed by atoms with Gasteiger partial charge in [-0.15, -0.1) is 0 Å². The van der Waals surface area contributed by atoms with Crippen molar-refractivity contribution in [1.29, 1.82) is 0 Å². The number of methoxy groups -OCH3 is 1. The highest BCUT2D eigenvalue weighted by atomic mass is 19.1. The van der Waals surface area contributed by atoms with Crippen molar-refractivity contribution >= 4 is 10.9 Å². The topological polar surface area (TPSA) is 41.1 Å². The smallest absolute Gasteiger partial charge is 0.212 e. The number of nitrogens with one attached hydrogen (secondary N) is 1. The predicted octanol–water partition coefficient (Wildman–Crippen LogP) is 3.92. The third-order valence-electron chi connectivity index (χ3n) is 5.10. The van der Waals surface area contributed by atoms with Crippen molar-refractivity contribution in [2.45, 2.75) is 31.8 Å². The van der Waals surface area contributed by atoms with Crippen molar-refractivity contribution in [3.05, 3.63) is 59.8 Å². The molecule has 130 valence electrons. The van der Waals surface area contributed by atoms with Crippen LogP contribution < -0.4 is 4.74 Å². The van der Waals surface area contributed by atoms with Crippen LogP contribution in [-0.2, 0) is 13.0 Å². The van der Waals surface area contributed by atoms with E-state index in [0.717, 1.165) is 36.3 Å². The first kappa shape index (κ1) is 16.1. The minimum atomic E-state index is -0.422. The first-order valence-electron chi connectivity index (χ1n) is 8.71. The monoisotopic (exact) mass is 339 g/mol. The molecule has 0 bridgehead atoms. The van der Waals surface area contributed by atoms with Crippen LogP contribution in [0.2, 0.25) is 0 Å². The molecule has 0 aliphatic carbocycles. The third kappa shape index (κ3) is 3.37. The molecule has 0 unspecified atom stereocenters. The van der Waals surface area contributed by atoms with E-state index in [1.54, 1.807) is 13.3 Å². The van der Waals surface area contributed by atoms with Gasteiger partial charge in [0.05, 0.1) is 7.11 Å². The second kappa shape index (κ2) is 6.84. The molecule has 25 heavy (non-hydrogen) atoms. The van der Waals surface area contributed by atoms with Crippen molar-refractivity contribution in [1.82, 2.24) is 14.9 Å². The van der Waals surface area contributed by atoms with Crippen LogP contribution in [0.15, 0.2) is 42.7 Å². The number of hydrogen-bond acceptors (Lipinski definition) is 3. The number of nitrogens with zero attached hydrogens (tertiary/aromatic N) is 2. The SMILES string of the molecule is COc1ccc2[nH]cc(C[C@H]3CCCN3Cc3ccc(F)nc3)c2c1. The summed E-state index contributed by atoms with van der Waals surface area (Å²) in [6.07, 6.45) is 7.14. The molecule has 0 spiro atoms. The van der Waals surface area contributed by atoms with E-state index in [-0.39, 0.29) is 0 Å². The van der Waals surface area contributed by atoms with Gasteiger partial charge in [0.1, 0.15) is 5.75 Å². The average molecular weight is 339 g/mol. The molecule has 5 heteroatoms. The van der Waals surface area contributed by atoms with Crippen LogP contribution in [0.3, 0.4) is 0 Å². The van der Waals surface area contributed by atoms with Crippen LogP contribution in [-0.4, -0.2) is 34.6 Å². The molecule has 1 aliphatic rings. The molecular weight excluding hydrogens is 317 g/mol. The molecule has 1 saturated heterocycles. The summed E-state index contributed by atoms with van der Waals surface area (Å²) in [6, 6.07) is 9.90. The second-order valence-corrected chi connectivity index (χ2v) is 6.69. The average Bonchev–Trinajstić information content (AvgIpc) is 3.24. The molecule has 2 aromatic heterocycles. The first-order chi connectivity index (χ1) is 12.2. The Balaban J connectivity index is 1.52. The van der Waals surface area contributed by atoms with Gasteiger partial charge < -0.3 is 9.72 Å². The van der Waals surface area contributed by atoms with Crippen LogP contribution in [0.4, 0.5) is 4.39 Å². The molecule has 1 fully saturated rings. The summed E-state index contributed by atoms with van der Waals surface area (Å²) >= 11 is 0. The van der Waals surface area contributed by atoms with Gasteiger partial charge in [0.25, 0.3) is 0 Å². The Morgan fingerprint density at radius 1 is 1.32 bits per heavy atom. The number of fused-ring (bicyclic) bond motifs is 1. The van der Waals surface area contributed by atoms with Crippen LogP contribution in [0.25, 0.3) is 10.9 Å². The Labute approximate surface area is 146 Å². The number of likely N-dealkylation sites (tertiary alicyclic amines) is 1. The van der Waals surface area contributed by atoms with Gasteiger partial charge in [-0.1, -0.05) is 6.07 Å². The number of H-pyrrole nitrogens is 1. The number of ether oxygens (including phenoxy) is 1. The fraction of sp³-hybridized carbons (Fsp3) is 0.350. The highest BCUT2D eigenvalue weighted by molar-refractivity contribution is 5.84. The molecule has 1 aliphatic heterocycles.